The van der Waals surface area contributed by atoms with Crippen LogP contribution in [0.3, 0.4) is 0 Å². The van der Waals surface area contributed by atoms with E-state index in [1.807, 2.05) is 0 Å². The largest absolute Gasteiger partial charge is 0.741 e. The first-order valence-electron chi connectivity index (χ1n) is 5.44. The van der Waals surface area contributed by atoms with Crippen molar-refractivity contribution in [2.75, 3.05) is 0 Å². The van der Waals surface area contributed by atoms with Crippen LogP contribution in [-0.2, 0) is 10.1 Å². The number of hydrogen-bond acceptors (Lipinski definition) is 3. The summed E-state index contributed by atoms with van der Waals surface area (Å²) in [4.78, 5) is 0. The zero-order valence-electron chi connectivity index (χ0n) is 10.8. The fraction of sp³-hybridized carbons (Fsp3) is 0.333. The molecule has 0 aliphatic carbocycles. The van der Waals surface area contributed by atoms with Crippen molar-refractivity contribution in [2.45, 2.75) is 25.8 Å². The van der Waals surface area contributed by atoms with E-state index in [2.05, 4.69) is 48.3 Å². The van der Waals surface area contributed by atoms with Gasteiger partial charge in [-0.1, -0.05) is 25.1 Å². The van der Waals surface area contributed by atoms with Gasteiger partial charge in [0.1, 0.15) is 0 Å². The van der Waals surface area contributed by atoms with E-state index >= 15 is 0 Å². The first-order valence-corrected chi connectivity index (χ1v) is 9.17. The minimum absolute atomic E-state index is 0.118. The molecule has 3 nitrogen and oxygen atoms in total. The third-order valence-corrected chi connectivity index (χ3v) is 5.32. The van der Waals surface area contributed by atoms with Crippen LogP contribution in [0.25, 0.3) is 0 Å². The maximum atomic E-state index is 10.7. The van der Waals surface area contributed by atoms with Crippen molar-refractivity contribution in [1.82, 2.24) is 0 Å². The summed E-state index contributed by atoms with van der Waals surface area (Å²) in [5.41, 5.74) is -4.13. The standard InChI is InChI=1S/C11H14I.CHF3O3S/c1-3-10(2)9-12-11-7-5-4-6-8-11;2-1(3,4)8(5,6)7/h4-9H,3H2,1-2H3;(H,5,6,7)/q+1;/p-1. The smallest absolute Gasteiger partial charge is 0.485 e. The Labute approximate surface area is 126 Å². The molecule has 0 bridgehead atoms. The second-order valence-electron chi connectivity index (χ2n) is 3.61. The molecule has 1 aromatic carbocycles. The molecule has 0 saturated heterocycles. The van der Waals surface area contributed by atoms with Crippen molar-refractivity contribution < 1.29 is 47.3 Å². The van der Waals surface area contributed by atoms with Crippen LogP contribution in [0.2, 0.25) is 0 Å². The summed E-state index contributed by atoms with van der Waals surface area (Å²) in [6.45, 7) is 4.42. The lowest BCUT2D eigenvalue weighted by molar-refractivity contribution is -0.557. The van der Waals surface area contributed by atoms with Crippen molar-refractivity contribution in [3.8, 4) is 0 Å². The highest BCUT2D eigenvalue weighted by molar-refractivity contribution is 7.86. The molecule has 114 valence electrons. The van der Waals surface area contributed by atoms with Gasteiger partial charge in [0.05, 0.1) is 0 Å². The van der Waals surface area contributed by atoms with Crippen molar-refractivity contribution in [1.29, 1.82) is 0 Å². The van der Waals surface area contributed by atoms with E-state index in [0.29, 0.717) is 0 Å². The minimum atomic E-state index is -6.09. The summed E-state index contributed by atoms with van der Waals surface area (Å²) < 4.78 is 62.8. The first kappa shape index (κ1) is 19.4. The molecule has 0 atom stereocenters. The molecule has 0 amide bonds. The van der Waals surface area contributed by atoms with Crippen LogP contribution >= 0.6 is 0 Å². The third kappa shape index (κ3) is 8.54. The third-order valence-electron chi connectivity index (χ3n) is 1.94. The highest BCUT2D eigenvalue weighted by Gasteiger charge is 2.36. The van der Waals surface area contributed by atoms with E-state index in [1.165, 1.54) is 15.6 Å². The predicted molar refractivity (Wildman–Crippen MR) is 64.9 cm³/mol. The highest BCUT2D eigenvalue weighted by Crippen LogP contribution is 2.20. The molecule has 0 radical (unpaired) electrons. The molecule has 20 heavy (non-hydrogen) atoms. The Morgan fingerprint density at radius 1 is 1.30 bits per heavy atom. The van der Waals surface area contributed by atoms with Crippen molar-refractivity contribution in [3.05, 3.63) is 43.6 Å². The zero-order chi connectivity index (χ0) is 15.8. The Balaban J connectivity index is 0.000000396. The lowest BCUT2D eigenvalue weighted by atomic mass is 10.3. The molecule has 1 aromatic rings. The maximum absolute atomic E-state index is 10.7. The van der Waals surface area contributed by atoms with Crippen LogP contribution in [0.5, 0.6) is 0 Å². The Morgan fingerprint density at radius 2 is 1.75 bits per heavy atom. The number of rotatable bonds is 3. The Hall–Kier alpha value is -0.610. The van der Waals surface area contributed by atoms with Gasteiger partial charge in [0.25, 0.3) is 0 Å². The number of allylic oxidation sites excluding steroid dienone is 1. The number of alkyl halides is 3. The quantitative estimate of drug-likeness (QED) is 0.401. The second-order valence-corrected chi connectivity index (χ2v) is 7.48. The summed E-state index contributed by atoms with van der Waals surface area (Å²) in [7, 11) is -6.09. The second kappa shape index (κ2) is 8.63. The molecule has 8 heteroatoms. The van der Waals surface area contributed by atoms with Crippen molar-refractivity contribution in [2.24, 2.45) is 0 Å². The van der Waals surface area contributed by atoms with E-state index in [9.17, 15) is 13.2 Å². The van der Waals surface area contributed by atoms with E-state index in [4.69, 9.17) is 13.0 Å². The molecule has 0 aromatic heterocycles. The van der Waals surface area contributed by atoms with E-state index in [-0.39, 0.29) is 21.2 Å². The normalized spacial score (nSPS) is 12.6. The summed E-state index contributed by atoms with van der Waals surface area (Å²) in [6, 6.07) is 10.7. The number of halogens is 4. The SMILES string of the molecule is CCC(C)=C[I+]c1ccccc1.O=S(=O)([O-])C(F)(F)F. The van der Waals surface area contributed by atoms with Crippen LogP contribution in [0.15, 0.2) is 40.0 Å². The van der Waals surface area contributed by atoms with E-state index in [1.54, 1.807) is 0 Å². The van der Waals surface area contributed by atoms with Gasteiger partial charge in [0.15, 0.2) is 17.8 Å². The molecule has 0 N–H and O–H groups in total. The Bertz CT molecular complexity index is 525. The highest BCUT2D eigenvalue weighted by atomic mass is 127. The van der Waals surface area contributed by atoms with Crippen LogP contribution in [0.1, 0.15) is 20.3 Å². The molecule has 0 fully saturated rings. The van der Waals surface area contributed by atoms with Crippen LogP contribution in [0, 0.1) is 3.57 Å². The van der Waals surface area contributed by atoms with Gasteiger partial charge >= 0.3 is 26.7 Å². The lowest BCUT2D eigenvalue weighted by Crippen LogP contribution is -3.59. The van der Waals surface area contributed by atoms with Gasteiger partial charge in [-0.3, -0.25) is 0 Å². The predicted octanol–water partition coefficient (Wildman–Crippen LogP) is 0.310. The van der Waals surface area contributed by atoms with Gasteiger partial charge in [-0.15, -0.1) is 0 Å². The summed E-state index contributed by atoms with van der Waals surface area (Å²) in [5, 5.41) is 0. The van der Waals surface area contributed by atoms with Gasteiger partial charge in [-0.05, 0) is 31.1 Å². The van der Waals surface area contributed by atoms with Gasteiger partial charge < -0.3 is 4.55 Å². The molecule has 1 rings (SSSR count). The van der Waals surface area contributed by atoms with Crippen LogP contribution in [0.4, 0.5) is 13.2 Å². The van der Waals surface area contributed by atoms with Crippen LogP contribution in [-0.4, -0.2) is 18.5 Å². The molecule has 0 aliphatic rings. The molecule has 0 spiro atoms. The summed E-state index contributed by atoms with van der Waals surface area (Å²) in [5.74, 6) is 0. The fourth-order valence-electron chi connectivity index (χ4n) is 0.721. The van der Waals surface area contributed by atoms with Gasteiger partial charge in [0.2, 0.25) is 0 Å². The number of benzene rings is 1. The average Bonchev–Trinajstić information content (AvgIpc) is 2.35. The van der Waals surface area contributed by atoms with Gasteiger partial charge in [-0.25, -0.2) is 8.42 Å². The first-order chi connectivity index (χ1) is 9.08. The van der Waals surface area contributed by atoms with Gasteiger partial charge in [-0.2, -0.15) is 13.2 Å². The van der Waals surface area contributed by atoms with Crippen molar-refractivity contribution >= 4 is 10.1 Å². The monoisotopic (exact) mass is 422 g/mol. The van der Waals surface area contributed by atoms with Crippen molar-refractivity contribution in [3.63, 3.8) is 0 Å². The molecular weight excluding hydrogens is 408 g/mol. The Kier molecular flexibility index (Phi) is 8.36. The van der Waals surface area contributed by atoms with Gasteiger partial charge in [0, 0.05) is 0 Å². The molecule has 0 unspecified atom stereocenters. The van der Waals surface area contributed by atoms with E-state index < -0.39 is 15.6 Å². The lowest BCUT2D eigenvalue weighted by Gasteiger charge is -2.08. The average molecular weight is 422 g/mol. The molecule has 0 saturated carbocycles. The van der Waals surface area contributed by atoms with Crippen LogP contribution < -0.4 is 21.2 Å². The molecule has 0 heterocycles. The molecular formula is C12H14F3IO3S. The topological polar surface area (TPSA) is 57.2 Å². The summed E-state index contributed by atoms with van der Waals surface area (Å²) in [6.07, 6.45) is 1.19. The zero-order valence-corrected chi connectivity index (χ0v) is 13.8. The van der Waals surface area contributed by atoms with E-state index in [0.717, 1.165) is 0 Å². The summed E-state index contributed by atoms with van der Waals surface area (Å²) >= 11 is 0.118. The maximum Gasteiger partial charge on any atom is 0.485 e. The fourth-order valence-corrected chi connectivity index (χ4v) is 2.88. The number of hydrogen-bond donors (Lipinski definition) is 0. The minimum Gasteiger partial charge on any atom is -0.741 e. The Morgan fingerprint density at radius 3 is 2.10 bits per heavy atom. The molecule has 0 aliphatic heterocycles.